The second kappa shape index (κ2) is 7.45. The van der Waals surface area contributed by atoms with Crippen molar-refractivity contribution >= 4 is 28.3 Å². The standard InChI is InChI=1S/C17H16F3N3O2S/c18-17(19,20)12-5-3-11(4-6-12)10-14(24)23-8-1-2-13(23)15(25)22-16-21-7-9-26-16/h3-7,9,13H,1-2,8,10H2,(H,21,22,25). The molecule has 0 radical (unpaired) electrons. The van der Waals surface area contributed by atoms with Gasteiger partial charge in [0.25, 0.3) is 0 Å². The largest absolute Gasteiger partial charge is 0.416 e. The summed E-state index contributed by atoms with van der Waals surface area (Å²) >= 11 is 1.29. The molecule has 138 valence electrons. The number of nitrogens with zero attached hydrogens (tertiary/aromatic N) is 2. The van der Waals surface area contributed by atoms with E-state index in [9.17, 15) is 22.8 Å². The predicted molar refractivity (Wildman–Crippen MR) is 90.6 cm³/mol. The number of amides is 2. The van der Waals surface area contributed by atoms with Crippen LogP contribution >= 0.6 is 11.3 Å². The molecule has 26 heavy (non-hydrogen) atoms. The van der Waals surface area contributed by atoms with Gasteiger partial charge in [0.05, 0.1) is 12.0 Å². The minimum absolute atomic E-state index is 0.0425. The van der Waals surface area contributed by atoms with Crippen molar-refractivity contribution in [3.63, 3.8) is 0 Å². The Hall–Kier alpha value is -2.42. The number of carbonyl (C=O) groups is 2. The molecule has 3 rings (SSSR count). The van der Waals surface area contributed by atoms with Crippen LogP contribution in [0.2, 0.25) is 0 Å². The normalized spacial score (nSPS) is 17.3. The third kappa shape index (κ3) is 4.21. The summed E-state index contributed by atoms with van der Waals surface area (Å²) in [5, 5.41) is 4.89. The lowest BCUT2D eigenvalue weighted by Gasteiger charge is -2.23. The topological polar surface area (TPSA) is 62.3 Å². The number of halogens is 3. The fraction of sp³-hybridized carbons (Fsp3) is 0.353. The van der Waals surface area contributed by atoms with Crippen LogP contribution in [0.5, 0.6) is 0 Å². The molecule has 0 aliphatic carbocycles. The van der Waals surface area contributed by atoms with Gasteiger partial charge in [0, 0.05) is 18.1 Å². The number of benzene rings is 1. The number of thiazole rings is 1. The van der Waals surface area contributed by atoms with E-state index >= 15 is 0 Å². The van der Waals surface area contributed by atoms with E-state index in [4.69, 9.17) is 0 Å². The van der Waals surface area contributed by atoms with Gasteiger partial charge in [0.2, 0.25) is 11.8 Å². The van der Waals surface area contributed by atoms with Crippen LogP contribution in [-0.2, 0) is 22.2 Å². The third-order valence-corrected chi connectivity index (χ3v) is 4.86. The molecule has 1 atom stereocenters. The fourth-order valence-corrected chi connectivity index (χ4v) is 3.43. The van der Waals surface area contributed by atoms with Crippen LogP contribution in [0, 0.1) is 0 Å². The van der Waals surface area contributed by atoms with Gasteiger partial charge >= 0.3 is 6.18 Å². The lowest BCUT2D eigenvalue weighted by atomic mass is 10.1. The van der Waals surface area contributed by atoms with Crippen LogP contribution in [-0.4, -0.2) is 34.3 Å². The molecule has 1 N–H and O–H groups in total. The second-order valence-corrected chi connectivity index (χ2v) is 6.84. The zero-order valence-electron chi connectivity index (χ0n) is 13.6. The van der Waals surface area contributed by atoms with Crippen LogP contribution in [0.1, 0.15) is 24.0 Å². The minimum Gasteiger partial charge on any atom is -0.330 e. The summed E-state index contributed by atoms with van der Waals surface area (Å²) < 4.78 is 37.8. The van der Waals surface area contributed by atoms with Crippen LogP contribution in [0.3, 0.4) is 0 Å². The summed E-state index contributed by atoms with van der Waals surface area (Å²) in [4.78, 5) is 30.4. The van der Waals surface area contributed by atoms with Crippen molar-refractivity contribution in [2.45, 2.75) is 31.5 Å². The molecule has 1 aliphatic rings. The van der Waals surface area contributed by atoms with Crippen molar-refractivity contribution in [2.24, 2.45) is 0 Å². The number of hydrogen-bond donors (Lipinski definition) is 1. The van der Waals surface area contributed by atoms with Gasteiger partial charge in [0.15, 0.2) is 5.13 Å². The Bertz CT molecular complexity index is 776. The lowest BCUT2D eigenvalue weighted by molar-refractivity contribution is -0.137. The molecule has 1 aliphatic heterocycles. The van der Waals surface area contributed by atoms with Gasteiger partial charge in [-0.2, -0.15) is 13.2 Å². The quantitative estimate of drug-likeness (QED) is 0.881. The van der Waals surface area contributed by atoms with E-state index in [-0.39, 0.29) is 18.2 Å². The summed E-state index contributed by atoms with van der Waals surface area (Å²) in [5.41, 5.74) is -0.274. The molecule has 1 fully saturated rings. The average molecular weight is 383 g/mol. The highest BCUT2D eigenvalue weighted by Gasteiger charge is 2.34. The van der Waals surface area contributed by atoms with Crippen molar-refractivity contribution in [3.8, 4) is 0 Å². The molecule has 2 heterocycles. The van der Waals surface area contributed by atoms with E-state index < -0.39 is 17.8 Å². The average Bonchev–Trinajstić information content (AvgIpc) is 3.25. The molecule has 0 saturated carbocycles. The summed E-state index contributed by atoms with van der Waals surface area (Å²) in [5.74, 6) is -0.570. The highest BCUT2D eigenvalue weighted by molar-refractivity contribution is 7.13. The van der Waals surface area contributed by atoms with Crippen molar-refractivity contribution in [1.82, 2.24) is 9.88 Å². The first-order chi connectivity index (χ1) is 12.3. The highest BCUT2D eigenvalue weighted by atomic mass is 32.1. The molecular weight excluding hydrogens is 367 g/mol. The third-order valence-electron chi connectivity index (χ3n) is 4.17. The Morgan fingerprint density at radius 2 is 2.00 bits per heavy atom. The zero-order valence-corrected chi connectivity index (χ0v) is 14.4. The van der Waals surface area contributed by atoms with Gasteiger partial charge in [-0.25, -0.2) is 4.98 Å². The van der Waals surface area contributed by atoms with Gasteiger partial charge in [-0.05, 0) is 30.5 Å². The number of likely N-dealkylation sites (tertiary alicyclic amines) is 1. The van der Waals surface area contributed by atoms with Crippen molar-refractivity contribution in [3.05, 3.63) is 47.0 Å². The first-order valence-electron chi connectivity index (χ1n) is 8.00. The Labute approximate surface area is 151 Å². The maximum atomic E-state index is 12.6. The molecule has 1 aromatic heterocycles. The second-order valence-electron chi connectivity index (χ2n) is 5.94. The number of anilines is 1. The number of alkyl halides is 3. The van der Waals surface area contributed by atoms with E-state index in [2.05, 4.69) is 10.3 Å². The summed E-state index contributed by atoms with van der Waals surface area (Å²) in [6, 6.07) is 3.92. The van der Waals surface area contributed by atoms with E-state index in [0.717, 1.165) is 12.1 Å². The molecule has 1 saturated heterocycles. The van der Waals surface area contributed by atoms with E-state index in [1.54, 1.807) is 11.6 Å². The molecule has 2 amide bonds. The van der Waals surface area contributed by atoms with Gasteiger partial charge < -0.3 is 10.2 Å². The molecule has 5 nitrogen and oxygen atoms in total. The van der Waals surface area contributed by atoms with Crippen LogP contribution in [0.15, 0.2) is 35.8 Å². The molecule has 1 unspecified atom stereocenters. The highest BCUT2D eigenvalue weighted by Crippen LogP contribution is 2.29. The van der Waals surface area contributed by atoms with Gasteiger partial charge in [-0.15, -0.1) is 11.3 Å². The fourth-order valence-electron chi connectivity index (χ4n) is 2.90. The van der Waals surface area contributed by atoms with Crippen LogP contribution in [0.4, 0.5) is 18.3 Å². The van der Waals surface area contributed by atoms with Crippen LogP contribution < -0.4 is 5.32 Å². The van der Waals surface area contributed by atoms with E-state index in [1.165, 1.54) is 28.4 Å². The molecule has 0 spiro atoms. The number of aromatic nitrogens is 1. The van der Waals surface area contributed by atoms with E-state index in [1.807, 2.05) is 0 Å². The molecule has 1 aromatic carbocycles. The number of rotatable bonds is 4. The Balaban J connectivity index is 1.63. The summed E-state index contributed by atoms with van der Waals surface area (Å²) in [7, 11) is 0. The summed E-state index contributed by atoms with van der Waals surface area (Å²) in [6.45, 7) is 0.454. The Morgan fingerprint density at radius 1 is 1.27 bits per heavy atom. The number of nitrogens with one attached hydrogen (secondary N) is 1. The molecular formula is C17H16F3N3O2S. The lowest BCUT2D eigenvalue weighted by Crippen LogP contribution is -2.43. The van der Waals surface area contributed by atoms with Crippen molar-refractivity contribution < 1.29 is 22.8 Å². The maximum Gasteiger partial charge on any atom is 0.416 e. The van der Waals surface area contributed by atoms with Crippen molar-refractivity contribution in [1.29, 1.82) is 0 Å². The monoisotopic (exact) mass is 383 g/mol. The maximum absolute atomic E-state index is 12.6. The molecule has 0 bridgehead atoms. The summed E-state index contributed by atoms with van der Waals surface area (Å²) in [6.07, 6.45) is -1.62. The predicted octanol–water partition coefficient (Wildman–Crippen LogP) is 3.33. The SMILES string of the molecule is O=C(Nc1nccs1)C1CCCN1C(=O)Cc1ccc(C(F)(F)F)cc1. The first-order valence-corrected chi connectivity index (χ1v) is 8.88. The Morgan fingerprint density at radius 3 is 2.62 bits per heavy atom. The molecule has 2 aromatic rings. The Kier molecular flexibility index (Phi) is 5.26. The minimum atomic E-state index is -4.41. The molecule has 9 heteroatoms. The van der Waals surface area contributed by atoms with Crippen molar-refractivity contribution in [2.75, 3.05) is 11.9 Å². The van der Waals surface area contributed by atoms with Gasteiger partial charge in [-0.3, -0.25) is 9.59 Å². The van der Waals surface area contributed by atoms with Crippen LogP contribution in [0.25, 0.3) is 0 Å². The van der Waals surface area contributed by atoms with Gasteiger partial charge in [0.1, 0.15) is 6.04 Å². The van der Waals surface area contributed by atoms with E-state index in [0.29, 0.717) is 30.1 Å². The smallest absolute Gasteiger partial charge is 0.330 e. The zero-order chi connectivity index (χ0) is 18.7. The number of hydrogen-bond acceptors (Lipinski definition) is 4. The van der Waals surface area contributed by atoms with Gasteiger partial charge in [-0.1, -0.05) is 12.1 Å². The first kappa shape index (κ1) is 18.4. The number of carbonyl (C=O) groups excluding carboxylic acids is 2.